The van der Waals surface area contributed by atoms with Gasteiger partial charge in [-0.25, -0.2) is 0 Å². The van der Waals surface area contributed by atoms with Crippen LogP contribution in [0.4, 0.5) is 0 Å². The van der Waals surface area contributed by atoms with Crippen LogP contribution in [0.15, 0.2) is 24.3 Å². The number of ether oxygens (including phenoxy) is 1. The van der Waals surface area contributed by atoms with Gasteiger partial charge in [-0.15, -0.1) is 0 Å². The number of carboxylic acids is 1. The van der Waals surface area contributed by atoms with Crippen LogP contribution in [0, 0.1) is 0 Å². The van der Waals surface area contributed by atoms with E-state index in [4.69, 9.17) is 9.84 Å². The first-order chi connectivity index (χ1) is 8.11. The predicted molar refractivity (Wildman–Crippen MR) is 63.1 cm³/mol. The maximum atomic E-state index is 11.3. The third-order valence-corrected chi connectivity index (χ3v) is 2.56. The highest BCUT2D eigenvalue weighted by Gasteiger charge is 2.26. The molecule has 0 fully saturated rings. The number of aliphatic hydroxyl groups excluding tert-OH is 1. The molecule has 0 bridgehead atoms. The average Bonchev–Trinajstić information content (AvgIpc) is 2.30. The lowest BCUT2D eigenvalue weighted by atomic mass is 10.0. The van der Waals surface area contributed by atoms with E-state index in [1.165, 1.54) is 7.11 Å². The van der Waals surface area contributed by atoms with Gasteiger partial charge in [0, 0.05) is 12.1 Å². The highest BCUT2D eigenvalue weighted by atomic mass is 16.5. The van der Waals surface area contributed by atoms with Crippen LogP contribution in [0.3, 0.4) is 0 Å². The van der Waals surface area contributed by atoms with Crippen LogP contribution in [0.1, 0.15) is 11.6 Å². The number of rotatable bonds is 6. The summed E-state index contributed by atoms with van der Waals surface area (Å²) in [5.74, 6) is -0.435. The zero-order valence-corrected chi connectivity index (χ0v) is 9.96. The second-order valence-corrected chi connectivity index (χ2v) is 3.69. The smallest absolute Gasteiger partial charge is 0.325 e. The van der Waals surface area contributed by atoms with Crippen molar-refractivity contribution in [1.29, 1.82) is 0 Å². The lowest BCUT2D eigenvalue weighted by Gasteiger charge is -2.25. The number of nitrogens with zero attached hydrogens (tertiary/aromatic N) is 1. The molecule has 0 saturated heterocycles. The Labute approximate surface area is 100 Å². The zero-order valence-electron chi connectivity index (χ0n) is 9.96. The summed E-state index contributed by atoms with van der Waals surface area (Å²) in [6, 6.07) is 6.16. The topological polar surface area (TPSA) is 70.0 Å². The minimum absolute atomic E-state index is 0.0879. The standard InChI is InChI=1S/C12H17NO4/c1-13(7-8-14)11(12(15)16)9-5-3-4-6-10(9)17-2/h3-6,11,14H,7-8H2,1-2H3,(H,15,16). The Morgan fingerprint density at radius 1 is 1.47 bits per heavy atom. The second kappa shape index (κ2) is 6.22. The number of carboxylic acid groups (broad SMARTS) is 1. The molecule has 2 N–H and O–H groups in total. The molecule has 0 amide bonds. The molecule has 0 spiro atoms. The third kappa shape index (κ3) is 3.18. The third-order valence-electron chi connectivity index (χ3n) is 2.56. The van der Waals surface area contributed by atoms with Gasteiger partial charge in [-0.05, 0) is 13.1 Å². The fourth-order valence-corrected chi connectivity index (χ4v) is 1.74. The number of hydrogen-bond acceptors (Lipinski definition) is 4. The molecule has 0 aliphatic heterocycles. The maximum Gasteiger partial charge on any atom is 0.325 e. The molecule has 0 aliphatic rings. The number of aliphatic hydroxyl groups is 1. The van der Waals surface area contributed by atoms with E-state index in [9.17, 15) is 9.90 Å². The van der Waals surface area contributed by atoms with Crippen LogP contribution in [0.25, 0.3) is 0 Å². The Balaban J connectivity index is 3.09. The Bertz CT molecular complexity index is 381. The van der Waals surface area contributed by atoms with Crippen LogP contribution >= 0.6 is 0 Å². The van der Waals surface area contributed by atoms with Crippen molar-refractivity contribution < 1.29 is 19.7 Å². The molecule has 5 nitrogen and oxygen atoms in total. The number of para-hydroxylation sites is 1. The number of aliphatic carboxylic acids is 1. The van der Waals surface area contributed by atoms with Crippen LogP contribution < -0.4 is 4.74 Å². The van der Waals surface area contributed by atoms with Crippen molar-refractivity contribution in [2.45, 2.75) is 6.04 Å². The van der Waals surface area contributed by atoms with E-state index in [2.05, 4.69) is 0 Å². The summed E-state index contributed by atoms with van der Waals surface area (Å²) in [6.45, 7) is 0.199. The molecule has 1 unspecified atom stereocenters. The van der Waals surface area contributed by atoms with Crippen LogP contribution in [0.5, 0.6) is 5.75 Å². The SMILES string of the molecule is COc1ccccc1C(C(=O)O)N(C)CCO. The van der Waals surface area contributed by atoms with Gasteiger partial charge in [0.2, 0.25) is 0 Å². The molecular formula is C12H17NO4. The quantitative estimate of drug-likeness (QED) is 0.766. The van der Waals surface area contributed by atoms with Crippen LogP contribution in [-0.2, 0) is 4.79 Å². The summed E-state index contributed by atoms with van der Waals surface area (Å²) in [7, 11) is 3.16. The van der Waals surface area contributed by atoms with E-state index < -0.39 is 12.0 Å². The van der Waals surface area contributed by atoms with Crippen molar-refractivity contribution in [3.63, 3.8) is 0 Å². The molecule has 0 saturated carbocycles. The Morgan fingerprint density at radius 3 is 2.65 bits per heavy atom. The Kier molecular flexibility index (Phi) is 4.93. The number of likely N-dealkylation sites (N-methyl/N-ethyl adjacent to an activating group) is 1. The van der Waals surface area contributed by atoms with Crippen LogP contribution in [0.2, 0.25) is 0 Å². The highest BCUT2D eigenvalue weighted by Crippen LogP contribution is 2.28. The van der Waals surface area contributed by atoms with Gasteiger partial charge in [0.25, 0.3) is 0 Å². The van der Waals surface area contributed by atoms with Crippen molar-refractivity contribution in [1.82, 2.24) is 4.90 Å². The number of hydrogen-bond donors (Lipinski definition) is 2. The largest absolute Gasteiger partial charge is 0.496 e. The highest BCUT2D eigenvalue weighted by molar-refractivity contribution is 5.76. The number of methoxy groups -OCH3 is 1. The van der Waals surface area contributed by atoms with Gasteiger partial charge in [-0.2, -0.15) is 0 Å². The molecule has 17 heavy (non-hydrogen) atoms. The van der Waals surface area contributed by atoms with Crippen molar-refractivity contribution >= 4 is 5.97 Å². The first kappa shape index (κ1) is 13.5. The molecule has 1 rings (SSSR count). The minimum Gasteiger partial charge on any atom is -0.496 e. The summed E-state index contributed by atoms with van der Waals surface area (Å²) in [5, 5.41) is 18.1. The van der Waals surface area contributed by atoms with Crippen molar-refractivity contribution in [3.05, 3.63) is 29.8 Å². The molecule has 1 aromatic rings. The molecule has 1 atom stereocenters. The van der Waals surface area contributed by atoms with E-state index >= 15 is 0 Å². The lowest BCUT2D eigenvalue weighted by molar-refractivity contribution is -0.143. The Morgan fingerprint density at radius 2 is 2.12 bits per heavy atom. The summed E-state index contributed by atoms with van der Waals surface area (Å²) >= 11 is 0. The molecule has 1 aromatic carbocycles. The number of carbonyl (C=O) groups is 1. The van der Waals surface area contributed by atoms with Crippen LogP contribution in [-0.4, -0.2) is 48.4 Å². The summed E-state index contributed by atoms with van der Waals surface area (Å²) < 4.78 is 5.15. The lowest BCUT2D eigenvalue weighted by Crippen LogP contribution is -2.33. The van der Waals surface area contributed by atoms with Gasteiger partial charge in [0.1, 0.15) is 11.8 Å². The van der Waals surface area contributed by atoms with E-state index in [0.29, 0.717) is 11.3 Å². The Hall–Kier alpha value is -1.59. The molecule has 94 valence electrons. The van der Waals surface area contributed by atoms with E-state index in [1.54, 1.807) is 36.2 Å². The van der Waals surface area contributed by atoms with Gasteiger partial charge in [0.15, 0.2) is 0 Å². The number of benzene rings is 1. The summed E-state index contributed by atoms with van der Waals surface area (Å²) in [4.78, 5) is 12.9. The average molecular weight is 239 g/mol. The van der Waals surface area contributed by atoms with Crippen molar-refractivity contribution in [2.24, 2.45) is 0 Å². The minimum atomic E-state index is -0.967. The fourth-order valence-electron chi connectivity index (χ4n) is 1.74. The van der Waals surface area contributed by atoms with E-state index in [-0.39, 0.29) is 13.2 Å². The van der Waals surface area contributed by atoms with Gasteiger partial charge < -0.3 is 14.9 Å². The monoisotopic (exact) mass is 239 g/mol. The van der Waals surface area contributed by atoms with E-state index in [1.807, 2.05) is 0 Å². The van der Waals surface area contributed by atoms with Crippen molar-refractivity contribution in [2.75, 3.05) is 27.3 Å². The molecule has 0 heterocycles. The maximum absolute atomic E-state index is 11.3. The van der Waals surface area contributed by atoms with Gasteiger partial charge >= 0.3 is 5.97 Å². The molecule has 0 radical (unpaired) electrons. The first-order valence-corrected chi connectivity index (χ1v) is 5.28. The second-order valence-electron chi connectivity index (χ2n) is 3.69. The van der Waals surface area contributed by atoms with E-state index in [0.717, 1.165) is 0 Å². The van der Waals surface area contributed by atoms with Crippen molar-refractivity contribution in [3.8, 4) is 5.75 Å². The molecule has 0 aromatic heterocycles. The normalized spacial score (nSPS) is 12.5. The molecular weight excluding hydrogens is 222 g/mol. The fraction of sp³-hybridized carbons (Fsp3) is 0.417. The van der Waals surface area contributed by atoms with Gasteiger partial charge in [-0.1, -0.05) is 18.2 Å². The molecule has 0 aliphatic carbocycles. The predicted octanol–water partition coefficient (Wildman–Crippen LogP) is 0.745. The summed E-state index contributed by atoms with van der Waals surface area (Å²) in [5.41, 5.74) is 0.582. The van der Waals surface area contributed by atoms with Gasteiger partial charge in [0.05, 0.1) is 13.7 Å². The molecule has 5 heteroatoms. The van der Waals surface area contributed by atoms with Gasteiger partial charge in [-0.3, -0.25) is 9.69 Å². The first-order valence-electron chi connectivity index (χ1n) is 5.28. The zero-order chi connectivity index (χ0) is 12.8. The summed E-state index contributed by atoms with van der Waals surface area (Å²) in [6.07, 6.45) is 0.